The Balaban J connectivity index is 1.64. The second-order valence-electron chi connectivity index (χ2n) is 7.67. The second-order valence-corrected chi connectivity index (χ2v) is 7.67. The molecule has 3 aromatic carbocycles. The molecule has 4 rings (SSSR count). The van der Waals surface area contributed by atoms with Gasteiger partial charge in [0, 0.05) is 21.7 Å². The lowest BCUT2D eigenvalue weighted by Gasteiger charge is -2.11. The summed E-state index contributed by atoms with van der Waals surface area (Å²) < 4.78 is 42.6. The maximum absolute atomic E-state index is 12.9. The van der Waals surface area contributed by atoms with Crippen LogP contribution in [0, 0.1) is 6.92 Å². The number of nitrogens with one attached hydrogen (secondary N) is 2. The van der Waals surface area contributed by atoms with Crippen LogP contribution in [0.5, 0.6) is 5.75 Å². The number of amides is 2. The molecule has 0 radical (unpaired) electrons. The van der Waals surface area contributed by atoms with Gasteiger partial charge in [0.25, 0.3) is 17.8 Å². The quantitative estimate of drug-likeness (QED) is 0.176. The van der Waals surface area contributed by atoms with Crippen LogP contribution < -0.4 is 15.4 Å². The van der Waals surface area contributed by atoms with Crippen LogP contribution in [0.3, 0.4) is 0 Å². The molecule has 192 valence electrons. The van der Waals surface area contributed by atoms with Crippen molar-refractivity contribution in [3.63, 3.8) is 0 Å². The van der Waals surface area contributed by atoms with Crippen molar-refractivity contribution in [3.05, 3.63) is 99.9 Å². The third kappa shape index (κ3) is 6.25. The zero-order chi connectivity index (χ0) is 27.3. The Hall–Kier alpha value is -5.36. The van der Waals surface area contributed by atoms with Gasteiger partial charge in [-0.3, -0.25) is 20.2 Å². The van der Waals surface area contributed by atoms with Crippen molar-refractivity contribution in [2.24, 2.45) is 5.11 Å². The van der Waals surface area contributed by atoms with Crippen LogP contribution in [0.25, 0.3) is 16.1 Å². The lowest BCUT2D eigenvalue weighted by molar-refractivity contribution is -0.274. The van der Waals surface area contributed by atoms with Crippen LogP contribution in [0.1, 0.15) is 26.3 Å². The molecule has 0 spiro atoms. The molecule has 4 aromatic rings. The van der Waals surface area contributed by atoms with Gasteiger partial charge in [0.15, 0.2) is 0 Å². The molecule has 14 heteroatoms. The third-order valence-corrected chi connectivity index (χ3v) is 5.05. The third-order valence-electron chi connectivity index (χ3n) is 5.05. The predicted octanol–water partition coefficient (Wildman–Crippen LogP) is 5.92. The molecule has 2 amide bonds. The number of aromatic nitrogens is 3. The van der Waals surface area contributed by atoms with Crippen molar-refractivity contribution in [2.75, 3.05) is 10.6 Å². The number of carbonyl (C=O) groups excluding carboxylic acids is 2. The molecule has 2 N–H and O–H groups in total. The van der Waals surface area contributed by atoms with Crippen molar-refractivity contribution in [2.45, 2.75) is 13.3 Å². The fourth-order valence-electron chi connectivity index (χ4n) is 3.32. The van der Waals surface area contributed by atoms with Crippen LogP contribution >= 0.6 is 0 Å². The summed E-state index contributed by atoms with van der Waals surface area (Å²) in [5.41, 5.74) is 10.3. The fraction of sp³-hybridized carbons (Fsp3) is 0.0833. The van der Waals surface area contributed by atoms with E-state index in [2.05, 4.69) is 35.5 Å². The number of halogens is 3. The van der Waals surface area contributed by atoms with Crippen LogP contribution in [0.15, 0.2) is 77.9 Å². The van der Waals surface area contributed by atoms with Gasteiger partial charge in [-0.25, -0.2) is 0 Å². The van der Waals surface area contributed by atoms with Crippen molar-refractivity contribution in [1.29, 1.82) is 0 Å². The van der Waals surface area contributed by atoms with Gasteiger partial charge in [-0.15, -0.1) is 18.3 Å². The number of azide groups is 1. The first-order valence-corrected chi connectivity index (χ1v) is 10.8. The Labute approximate surface area is 212 Å². The number of benzene rings is 3. The number of hydrogen-bond acceptors (Lipinski definition) is 6. The van der Waals surface area contributed by atoms with Gasteiger partial charge in [0.1, 0.15) is 5.75 Å². The Morgan fingerprint density at radius 3 is 2.29 bits per heavy atom. The first kappa shape index (κ1) is 25.7. The van der Waals surface area contributed by atoms with Crippen LogP contribution in [-0.4, -0.2) is 32.9 Å². The van der Waals surface area contributed by atoms with Crippen LogP contribution in [0.4, 0.5) is 30.8 Å². The van der Waals surface area contributed by atoms with E-state index in [-0.39, 0.29) is 23.1 Å². The molecule has 1 aromatic heterocycles. The standard InChI is InChI=1S/C24H17F3N8O3/c1-14-4-2-3-5-19(14)21(37)30-23-31-22(29-20(36)15-6-8-16(9-7-15)32-34-28)33-35(23)17-10-12-18(13-11-17)38-24(25,26)27/h2-13H,1H3,(H2,29,30,31,33,36,37). The van der Waals surface area contributed by atoms with Gasteiger partial charge in [-0.2, -0.15) is 9.67 Å². The fourth-order valence-corrected chi connectivity index (χ4v) is 3.32. The van der Waals surface area contributed by atoms with Gasteiger partial charge in [0.05, 0.1) is 5.69 Å². The molecule has 0 aliphatic rings. The lowest BCUT2D eigenvalue weighted by Crippen LogP contribution is -2.17. The largest absolute Gasteiger partial charge is 0.573 e. The van der Waals surface area contributed by atoms with Crippen molar-refractivity contribution in [1.82, 2.24) is 14.8 Å². The summed E-state index contributed by atoms with van der Waals surface area (Å²) in [5.74, 6) is -1.85. The van der Waals surface area contributed by atoms with E-state index in [0.717, 1.165) is 16.8 Å². The minimum Gasteiger partial charge on any atom is -0.406 e. The summed E-state index contributed by atoms with van der Waals surface area (Å²) in [5, 5.41) is 12.7. The number of ether oxygens (including phenoxy) is 1. The second kappa shape index (κ2) is 10.7. The van der Waals surface area contributed by atoms with Gasteiger partial charge in [0.2, 0.25) is 5.95 Å². The topological polar surface area (TPSA) is 147 Å². The molecule has 0 aliphatic carbocycles. The molecular weight excluding hydrogens is 505 g/mol. The van der Waals surface area contributed by atoms with E-state index in [1.165, 1.54) is 36.4 Å². The summed E-state index contributed by atoms with van der Waals surface area (Å²) in [7, 11) is 0. The summed E-state index contributed by atoms with van der Waals surface area (Å²) in [6.07, 6.45) is -4.86. The molecule has 0 unspecified atom stereocenters. The maximum Gasteiger partial charge on any atom is 0.573 e. The van der Waals surface area contributed by atoms with Gasteiger partial charge < -0.3 is 4.74 Å². The van der Waals surface area contributed by atoms with E-state index in [0.29, 0.717) is 16.8 Å². The lowest BCUT2D eigenvalue weighted by atomic mass is 10.1. The number of hydrogen-bond donors (Lipinski definition) is 2. The highest BCUT2D eigenvalue weighted by Crippen LogP contribution is 2.25. The molecule has 0 fully saturated rings. The van der Waals surface area contributed by atoms with E-state index >= 15 is 0 Å². The zero-order valence-electron chi connectivity index (χ0n) is 19.5. The number of alkyl halides is 3. The smallest absolute Gasteiger partial charge is 0.406 e. The SMILES string of the molecule is Cc1ccccc1C(=O)Nc1nc(NC(=O)c2ccc(N=[N+]=[N-])cc2)nn1-c1ccc(OC(F)(F)F)cc1. The molecule has 1 heterocycles. The van der Waals surface area contributed by atoms with Gasteiger partial charge in [-0.1, -0.05) is 35.4 Å². The van der Waals surface area contributed by atoms with Crippen LogP contribution in [0.2, 0.25) is 0 Å². The molecule has 0 saturated heterocycles. The molecular formula is C24H17F3N8O3. The highest BCUT2D eigenvalue weighted by Gasteiger charge is 2.31. The van der Waals surface area contributed by atoms with Crippen molar-refractivity contribution >= 4 is 29.4 Å². The number of aryl methyl sites for hydroxylation is 1. The van der Waals surface area contributed by atoms with E-state index in [1.54, 1.807) is 31.2 Å². The normalized spacial score (nSPS) is 10.8. The van der Waals surface area contributed by atoms with Crippen LogP contribution in [-0.2, 0) is 0 Å². The Kier molecular flexibility index (Phi) is 7.26. The van der Waals surface area contributed by atoms with E-state index < -0.39 is 23.9 Å². The summed E-state index contributed by atoms with van der Waals surface area (Å²) in [6.45, 7) is 1.75. The van der Waals surface area contributed by atoms with Gasteiger partial charge >= 0.3 is 6.36 Å². The molecule has 38 heavy (non-hydrogen) atoms. The molecule has 0 bridgehead atoms. The maximum atomic E-state index is 12.9. The summed E-state index contributed by atoms with van der Waals surface area (Å²) >= 11 is 0. The summed E-state index contributed by atoms with van der Waals surface area (Å²) in [6, 6.07) is 17.2. The first-order chi connectivity index (χ1) is 18.1. The number of anilines is 2. The van der Waals surface area contributed by atoms with Crippen molar-refractivity contribution < 1.29 is 27.5 Å². The molecule has 0 aliphatic heterocycles. The highest BCUT2D eigenvalue weighted by atomic mass is 19.4. The predicted molar refractivity (Wildman–Crippen MR) is 130 cm³/mol. The average molecular weight is 522 g/mol. The molecule has 11 nitrogen and oxygen atoms in total. The number of nitrogens with zero attached hydrogens (tertiary/aromatic N) is 6. The average Bonchev–Trinajstić information content (AvgIpc) is 3.26. The number of rotatable bonds is 7. The van der Waals surface area contributed by atoms with Gasteiger partial charge in [-0.05, 0) is 60.5 Å². The van der Waals surface area contributed by atoms with E-state index in [4.69, 9.17) is 5.53 Å². The molecule has 0 atom stereocenters. The Morgan fingerprint density at radius 1 is 0.974 bits per heavy atom. The Bertz CT molecular complexity index is 1530. The monoisotopic (exact) mass is 522 g/mol. The minimum absolute atomic E-state index is 0.100. The zero-order valence-corrected chi connectivity index (χ0v) is 19.5. The molecule has 0 saturated carbocycles. The Morgan fingerprint density at radius 2 is 1.66 bits per heavy atom. The van der Waals surface area contributed by atoms with E-state index in [9.17, 15) is 22.8 Å². The van der Waals surface area contributed by atoms with E-state index in [1.807, 2.05) is 0 Å². The minimum atomic E-state index is -4.86. The van der Waals surface area contributed by atoms with Crippen molar-refractivity contribution in [3.8, 4) is 11.4 Å². The number of carbonyl (C=O) groups is 2. The first-order valence-electron chi connectivity index (χ1n) is 10.8. The summed E-state index contributed by atoms with van der Waals surface area (Å²) in [4.78, 5) is 32.5. The highest BCUT2D eigenvalue weighted by molar-refractivity contribution is 6.05.